The average Bonchev–Trinajstić information content (AvgIpc) is 3.83. The van der Waals surface area contributed by atoms with E-state index < -0.39 is 0 Å². The standard InChI is InChI=1S/C52H33NOS/c1-2-18-41-34(12-1)13-9-21-42(41)38-16-7-14-36(32-38)37-15-8-17-40(33-37)53(47-24-11-26-49-51(47)46-20-3-5-25-48(46)54-49)39-30-28-35(29-31-39)43-22-10-23-45-44-19-4-6-27-50(44)55-52(43)45/h1-33H. The molecule has 258 valence electrons. The quantitative estimate of drug-likeness (QED) is 0.170. The number of furan rings is 1. The molecule has 0 saturated heterocycles. The van der Waals surface area contributed by atoms with Gasteiger partial charge >= 0.3 is 0 Å². The molecule has 0 aliphatic rings. The number of rotatable bonds is 6. The van der Waals surface area contributed by atoms with Gasteiger partial charge in [0.1, 0.15) is 11.2 Å². The Balaban J connectivity index is 1.06. The van der Waals surface area contributed by atoms with Gasteiger partial charge in [0.25, 0.3) is 0 Å². The lowest BCUT2D eigenvalue weighted by atomic mass is 9.95. The highest BCUT2D eigenvalue weighted by molar-refractivity contribution is 7.26. The van der Waals surface area contributed by atoms with Crippen LogP contribution in [0.15, 0.2) is 205 Å². The summed E-state index contributed by atoms with van der Waals surface area (Å²) in [5.41, 5.74) is 12.2. The summed E-state index contributed by atoms with van der Waals surface area (Å²) in [4.78, 5) is 2.38. The van der Waals surface area contributed by atoms with Gasteiger partial charge in [0.15, 0.2) is 0 Å². The Morgan fingerprint density at radius 2 is 1.02 bits per heavy atom. The van der Waals surface area contributed by atoms with Crippen LogP contribution in [0.2, 0.25) is 0 Å². The monoisotopic (exact) mass is 719 g/mol. The summed E-state index contributed by atoms with van der Waals surface area (Å²) in [5.74, 6) is 0. The van der Waals surface area contributed by atoms with Gasteiger partial charge in [0.2, 0.25) is 0 Å². The second-order valence-corrected chi connectivity index (χ2v) is 15.1. The summed E-state index contributed by atoms with van der Waals surface area (Å²) in [6, 6.07) is 72.2. The summed E-state index contributed by atoms with van der Waals surface area (Å²) in [7, 11) is 0. The fraction of sp³-hybridized carbons (Fsp3) is 0. The Labute approximate surface area is 322 Å². The molecule has 55 heavy (non-hydrogen) atoms. The maximum atomic E-state index is 6.41. The molecule has 0 saturated carbocycles. The lowest BCUT2D eigenvalue weighted by molar-refractivity contribution is 0.669. The fourth-order valence-corrected chi connectivity index (χ4v) is 9.54. The highest BCUT2D eigenvalue weighted by atomic mass is 32.1. The zero-order chi connectivity index (χ0) is 36.3. The van der Waals surface area contributed by atoms with Gasteiger partial charge in [0, 0.05) is 36.9 Å². The Morgan fingerprint density at radius 1 is 0.382 bits per heavy atom. The molecule has 0 aliphatic heterocycles. The van der Waals surface area contributed by atoms with Gasteiger partial charge in [-0.2, -0.15) is 0 Å². The number of thiophene rings is 1. The van der Waals surface area contributed by atoms with Crippen LogP contribution < -0.4 is 4.90 Å². The Kier molecular flexibility index (Phi) is 7.39. The highest BCUT2D eigenvalue weighted by Gasteiger charge is 2.20. The Hall–Kier alpha value is -6.94. The van der Waals surface area contributed by atoms with Crippen molar-refractivity contribution in [1.82, 2.24) is 0 Å². The molecular weight excluding hydrogens is 687 g/mol. The van der Waals surface area contributed by atoms with Gasteiger partial charge in [-0.1, -0.05) is 146 Å². The smallest absolute Gasteiger partial charge is 0.137 e. The molecule has 0 amide bonds. The molecule has 9 aromatic carbocycles. The molecule has 0 bridgehead atoms. The summed E-state index contributed by atoms with van der Waals surface area (Å²) < 4.78 is 9.05. The van der Waals surface area contributed by atoms with Crippen LogP contribution in [0.1, 0.15) is 0 Å². The first-order valence-electron chi connectivity index (χ1n) is 18.7. The van der Waals surface area contributed by atoms with Crippen LogP contribution in [0.25, 0.3) is 86.3 Å². The SMILES string of the molecule is c1cc(-c2cccc(N(c3ccc(-c4cccc5c4sc4ccccc45)cc3)c3cccc4oc5ccccc5c34)c2)cc(-c2cccc3ccccc23)c1. The molecule has 0 N–H and O–H groups in total. The molecule has 3 heteroatoms. The largest absolute Gasteiger partial charge is 0.456 e. The molecule has 11 rings (SSSR count). The van der Waals surface area contributed by atoms with Crippen molar-refractivity contribution in [3.8, 4) is 33.4 Å². The molecule has 2 heterocycles. The molecule has 0 unspecified atom stereocenters. The first kappa shape index (κ1) is 31.6. The lowest BCUT2D eigenvalue weighted by Crippen LogP contribution is -2.10. The molecule has 2 nitrogen and oxygen atoms in total. The highest BCUT2D eigenvalue weighted by Crippen LogP contribution is 2.45. The van der Waals surface area contributed by atoms with E-state index in [2.05, 4.69) is 199 Å². The normalized spacial score (nSPS) is 11.6. The minimum absolute atomic E-state index is 0.871. The zero-order valence-corrected chi connectivity index (χ0v) is 30.6. The third kappa shape index (κ3) is 5.32. The summed E-state index contributed by atoms with van der Waals surface area (Å²) >= 11 is 1.87. The van der Waals surface area contributed by atoms with Crippen LogP contribution in [-0.4, -0.2) is 0 Å². The molecule has 11 aromatic rings. The molecule has 0 aliphatic carbocycles. The van der Waals surface area contributed by atoms with Gasteiger partial charge in [-0.15, -0.1) is 11.3 Å². The van der Waals surface area contributed by atoms with Crippen LogP contribution in [0.5, 0.6) is 0 Å². The van der Waals surface area contributed by atoms with E-state index in [1.165, 1.54) is 58.8 Å². The van der Waals surface area contributed by atoms with Crippen molar-refractivity contribution >= 4 is 81.3 Å². The van der Waals surface area contributed by atoms with Crippen LogP contribution in [0.3, 0.4) is 0 Å². The van der Waals surface area contributed by atoms with Crippen LogP contribution in [0.4, 0.5) is 17.1 Å². The van der Waals surface area contributed by atoms with E-state index >= 15 is 0 Å². The molecular formula is C52H33NOS. The topological polar surface area (TPSA) is 16.4 Å². The van der Waals surface area contributed by atoms with E-state index in [0.29, 0.717) is 0 Å². The van der Waals surface area contributed by atoms with Gasteiger partial charge < -0.3 is 9.32 Å². The number of hydrogen-bond donors (Lipinski definition) is 0. The molecule has 0 radical (unpaired) electrons. The van der Waals surface area contributed by atoms with Crippen LogP contribution in [0, 0.1) is 0 Å². The van der Waals surface area contributed by atoms with E-state index in [1.54, 1.807) is 0 Å². The maximum Gasteiger partial charge on any atom is 0.137 e. The number of hydrogen-bond acceptors (Lipinski definition) is 3. The van der Waals surface area contributed by atoms with Crippen molar-refractivity contribution in [3.63, 3.8) is 0 Å². The minimum atomic E-state index is 0.871. The maximum absolute atomic E-state index is 6.41. The third-order valence-corrected chi connectivity index (χ3v) is 12.1. The van der Waals surface area contributed by atoms with E-state index in [4.69, 9.17) is 4.42 Å². The van der Waals surface area contributed by atoms with Crippen molar-refractivity contribution in [1.29, 1.82) is 0 Å². The van der Waals surface area contributed by atoms with Crippen molar-refractivity contribution in [3.05, 3.63) is 200 Å². The van der Waals surface area contributed by atoms with Crippen LogP contribution in [-0.2, 0) is 0 Å². The number of anilines is 3. The van der Waals surface area contributed by atoms with Crippen molar-refractivity contribution in [2.24, 2.45) is 0 Å². The second-order valence-electron chi connectivity index (χ2n) is 14.1. The first-order valence-corrected chi connectivity index (χ1v) is 19.5. The average molecular weight is 720 g/mol. The van der Waals surface area contributed by atoms with E-state index in [0.717, 1.165) is 44.6 Å². The van der Waals surface area contributed by atoms with Gasteiger partial charge in [-0.25, -0.2) is 0 Å². The third-order valence-electron chi connectivity index (χ3n) is 10.9. The summed E-state index contributed by atoms with van der Waals surface area (Å²) in [6.07, 6.45) is 0. The fourth-order valence-electron chi connectivity index (χ4n) is 8.30. The Morgan fingerprint density at radius 3 is 1.93 bits per heavy atom. The van der Waals surface area contributed by atoms with Crippen LogP contribution >= 0.6 is 11.3 Å². The molecule has 0 atom stereocenters. The predicted octanol–water partition coefficient (Wildman–Crippen LogP) is 15.6. The second kappa shape index (κ2) is 12.9. The predicted molar refractivity (Wildman–Crippen MR) is 235 cm³/mol. The minimum Gasteiger partial charge on any atom is -0.456 e. The molecule has 0 fully saturated rings. The van der Waals surface area contributed by atoms with Crippen molar-refractivity contribution in [2.75, 3.05) is 4.90 Å². The lowest BCUT2D eigenvalue weighted by Gasteiger charge is -2.27. The van der Waals surface area contributed by atoms with Crippen molar-refractivity contribution in [2.45, 2.75) is 0 Å². The summed E-state index contributed by atoms with van der Waals surface area (Å²) in [5, 5.41) is 7.33. The van der Waals surface area contributed by atoms with Gasteiger partial charge in [-0.3, -0.25) is 0 Å². The Bertz CT molecular complexity index is 3220. The number of fused-ring (bicyclic) bond motifs is 7. The van der Waals surface area contributed by atoms with E-state index in [-0.39, 0.29) is 0 Å². The number of benzene rings is 9. The van der Waals surface area contributed by atoms with Crippen molar-refractivity contribution < 1.29 is 4.42 Å². The van der Waals surface area contributed by atoms with Gasteiger partial charge in [-0.05, 0) is 98.8 Å². The van der Waals surface area contributed by atoms with E-state index in [1.807, 2.05) is 17.4 Å². The number of nitrogens with zero attached hydrogens (tertiary/aromatic N) is 1. The first-order chi connectivity index (χ1) is 27.3. The number of para-hydroxylation sites is 1. The van der Waals surface area contributed by atoms with Gasteiger partial charge in [0.05, 0.1) is 11.1 Å². The zero-order valence-electron chi connectivity index (χ0n) is 29.8. The molecule has 2 aromatic heterocycles. The summed E-state index contributed by atoms with van der Waals surface area (Å²) in [6.45, 7) is 0. The van der Waals surface area contributed by atoms with E-state index in [9.17, 15) is 0 Å². The molecule has 0 spiro atoms.